The minimum absolute atomic E-state index is 0.0822. The minimum Gasteiger partial charge on any atom is -0.389 e. The van der Waals surface area contributed by atoms with Gasteiger partial charge in [-0.3, -0.25) is 0 Å². The van der Waals surface area contributed by atoms with Crippen LogP contribution >= 0.6 is 12.2 Å². The largest absolute Gasteiger partial charge is 0.389 e. The Bertz CT molecular complexity index is 592. The Morgan fingerprint density at radius 3 is 2.95 bits per heavy atom. The Labute approximate surface area is 117 Å². The van der Waals surface area contributed by atoms with Gasteiger partial charge >= 0.3 is 0 Å². The topological polar surface area (TPSA) is 43.8 Å². The minimum atomic E-state index is -0.342. The van der Waals surface area contributed by atoms with Crippen LogP contribution in [0.5, 0.6) is 0 Å². The summed E-state index contributed by atoms with van der Waals surface area (Å²) in [6, 6.07) is 5.11. The molecule has 0 radical (unpaired) electrons. The standard InChI is InChI=1S/C14H16FN3S/c1-2-4-12-17-7-8-18(12)9-10-5-3-6-11(13(10)15)14(16)19/h3,5-8H,2,4,9H2,1H3,(H2,16,19). The summed E-state index contributed by atoms with van der Waals surface area (Å²) in [7, 11) is 0. The van der Waals surface area contributed by atoms with Crippen molar-refractivity contribution in [2.75, 3.05) is 0 Å². The molecule has 1 aromatic heterocycles. The van der Waals surface area contributed by atoms with Crippen molar-refractivity contribution in [2.45, 2.75) is 26.3 Å². The molecule has 5 heteroatoms. The van der Waals surface area contributed by atoms with Crippen molar-refractivity contribution in [3.8, 4) is 0 Å². The predicted octanol–water partition coefficient (Wildman–Crippen LogP) is 2.66. The van der Waals surface area contributed by atoms with E-state index < -0.39 is 0 Å². The third-order valence-corrected chi connectivity index (χ3v) is 3.18. The highest BCUT2D eigenvalue weighted by molar-refractivity contribution is 7.80. The molecule has 0 saturated carbocycles. The lowest BCUT2D eigenvalue weighted by atomic mass is 10.1. The third-order valence-electron chi connectivity index (χ3n) is 2.96. The fourth-order valence-electron chi connectivity index (χ4n) is 2.01. The molecule has 0 aliphatic carbocycles. The van der Waals surface area contributed by atoms with Gasteiger partial charge in [-0.25, -0.2) is 9.37 Å². The van der Waals surface area contributed by atoms with Crippen molar-refractivity contribution >= 4 is 17.2 Å². The molecule has 0 aliphatic heterocycles. The number of imidazole rings is 1. The quantitative estimate of drug-likeness (QED) is 0.855. The lowest BCUT2D eigenvalue weighted by molar-refractivity contribution is 0.591. The molecule has 1 aromatic carbocycles. The molecule has 0 unspecified atom stereocenters. The average molecular weight is 277 g/mol. The van der Waals surface area contributed by atoms with Crippen LogP contribution in [-0.2, 0) is 13.0 Å². The summed E-state index contributed by atoms with van der Waals surface area (Å²) in [5.41, 5.74) is 6.37. The maximum atomic E-state index is 14.2. The monoisotopic (exact) mass is 277 g/mol. The zero-order valence-electron chi connectivity index (χ0n) is 10.8. The van der Waals surface area contributed by atoms with E-state index in [1.54, 1.807) is 24.4 Å². The summed E-state index contributed by atoms with van der Waals surface area (Å²) >= 11 is 4.84. The molecule has 2 aromatic rings. The molecule has 0 fully saturated rings. The highest BCUT2D eigenvalue weighted by Gasteiger charge is 2.11. The van der Waals surface area contributed by atoms with Crippen molar-refractivity contribution in [1.29, 1.82) is 0 Å². The maximum absolute atomic E-state index is 14.2. The molecule has 0 spiro atoms. The molecule has 1 heterocycles. The number of thiocarbonyl (C=S) groups is 1. The zero-order valence-corrected chi connectivity index (χ0v) is 11.6. The smallest absolute Gasteiger partial charge is 0.138 e. The number of halogens is 1. The lowest BCUT2D eigenvalue weighted by Crippen LogP contribution is -2.14. The van der Waals surface area contributed by atoms with Crippen molar-refractivity contribution in [2.24, 2.45) is 5.73 Å². The normalized spacial score (nSPS) is 10.6. The van der Waals surface area contributed by atoms with Crippen LogP contribution in [0.25, 0.3) is 0 Å². The van der Waals surface area contributed by atoms with Crippen LogP contribution in [0.2, 0.25) is 0 Å². The third kappa shape index (κ3) is 2.98. The Morgan fingerprint density at radius 2 is 2.26 bits per heavy atom. The van der Waals surface area contributed by atoms with Crippen molar-refractivity contribution < 1.29 is 4.39 Å². The number of benzene rings is 1. The summed E-state index contributed by atoms with van der Waals surface area (Å²) in [6.45, 7) is 2.53. The molecule has 0 saturated heterocycles. The Balaban J connectivity index is 2.31. The van der Waals surface area contributed by atoms with Gasteiger partial charge in [-0.15, -0.1) is 0 Å². The first kappa shape index (κ1) is 13.7. The molecular formula is C14H16FN3S. The van der Waals surface area contributed by atoms with E-state index in [2.05, 4.69) is 11.9 Å². The van der Waals surface area contributed by atoms with Gasteiger partial charge < -0.3 is 10.3 Å². The maximum Gasteiger partial charge on any atom is 0.138 e. The fourth-order valence-corrected chi connectivity index (χ4v) is 2.17. The highest BCUT2D eigenvalue weighted by atomic mass is 32.1. The average Bonchev–Trinajstić information content (AvgIpc) is 2.79. The Kier molecular flexibility index (Phi) is 4.27. The van der Waals surface area contributed by atoms with Crippen molar-refractivity contribution in [3.63, 3.8) is 0 Å². The van der Waals surface area contributed by atoms with Gasteiger partial charge in [0.05, 0.1) is 6.54 Å². The molecular weight excluding hydrogens is 261 g/mol. The van der Waals surface area contributed by atoms with E-state index >= 15 is 0 Å². The van der Waals surface area contributed by atoms with Crippen molar-refractivity contribution in [3.05, 3.63) is 53.4 Å². The van der Waals surface area contributed by atoms with Crippen LogP contribution in [-0.4, -0.2) is 14.5 Å². The van der Waals surface area contributed by atoms with Gasteiger partial charge in [-0.1, -0.05) is 31.3 Å². The van der Waals surface area contributed by atoms with Gasteiger partial charge in [0.25, 0.3) is 0 Å². The first-order valence-electron chi connectivity index (χ1n) is 6.20. The van der Waals surface area contributed by atoms with E-state index in [-0.39, 0.29) is 10.8 Å². The Morgan fingerprint density at radius 1 is 1.47 bits per heavy atom. The SMILES string of the molecule is CCCc1nccn1Cc1cccc(C(N)=S)c1F. The van der Waals surface area contributed by atoms with Crippen LogP contribution in [0.4, 0.5) is 4.39 Å². The van der Waals surface area contributed by atoms with Crippen LogP contribution < -0.4 is 5.73 Å². The predicted molar refractivity (Wildman–Crippen MR) is 77.6 cm³/mol. The number of hydrogen-bond acceptors (Lipinski definition) is 2. The van der Waals surface area contributed by atoms with E-state index in [0.717, 1.165) is 18.7 Å². The van der Waals surface area contributed by atoms with Gasteiger partial charge in [0.1, 0.15) is 16.6 Å². The summed E-state index contributed by atoms with van der Waals surface area (Å²) in [5.74, 6) is 0.619. The molecule has 0 amide bonds. The van der Waals surface area contributed by atoms with Crippen LogP contribution in [0.1, 0.15) is 30.3 Å². The molecule has 0 aliphatic rings. The molecule has 3 nitrogen and oxygen atoms in total. The summed E-state index contributed by atoms with van der Waals surface area (Å²) in [4.78, 5) is 4.36. The van der Waals surface area contributed by atoms with E-state index in [0.29, 0.717) is 17.7 Å². The second kappa shape index (κ2) is 5.93. The lowest BCUT2D eigenvalue weighted by Gasteiger charge is -2.10. The number of rotatable bonds is 5. The van der Waals surface area contributed by atoms with E-state index in [4.69, 9.17) is 18.0 Å². The second-order valence-electron chi connectivity index (χ2n) is 4.36. The number of aromatic nitrogens is 2. The van der Waals surface area contributed by atoms with E-state index in [9.17, 15) is 4.39 Å². The van der Waals surface area contributed by atoms with E-state index in [1.165, 1.54) is 0 Å². The van der Waals surface area contributed by atoms with E-state index in [1.807, 2.05) is 10.8 Å². The van der Waals surface area contributed by atoms with Gasteiger partial charge in [-0.2, -0.15) is 0 Å². The first-order valence-corrected chi connectivity index (χ1v) is 6.61. The number of hydrogen-bond donors (Lipinski definition) is 1. The van der Waals surface area contributed by atoms with Gasteiger partial charge in [0, 0.05) is 29.9 Å². The first-order chi connectivity index (χ1) is 9.13. The van der Waals surface area contributed by atoms with Gasteiger partial charge in [-0.05, 0) is 12.5 Å². The second-order valence-corrected chi connectivity index (χ2v) is 4.80. The van der Waals surface area contributed by atoms with Gasteiger partial charge in [0.2, 0.25) is 0 Å². The molecule has 0 bridgehead atoms. The van der Waals surface area contributed by atoms with Crippen LogP contribution in [0.3, 0.4) is 0 Å². The molecule has 0 atom stereocenters. The summed E-state index contributed by atoms with van der Waals surface area (Å²) in [6.07, 6.45) is 5.48. The number of nitrogens with two attached hydrogens (primary N) is 1. The fraction of sp³-hybridized carbons (Fsp3) is 0.286. The summed E-state index contributed by atoms with van der Waals surface area (Å²) in [5, 5.41) is 0. The van der Waals surface area contributed by atoms with Crippen LogP contribution in [0.15, 0.2) is 30.6 Å². The Hall–Kier alpha value is -1.75. The molecule has 19 heavy (non-hydrogen) atoms. The van der Waals surface area contributed by atoms with Gasteiger partial charge in [0.15, 0.2) is 0 Å². The van der Waals surface area contributed by atoms with Crippen LogP contribution in [0, 0.1) is 5.82 Å². The highest BCUT2D eigenvalue weighted by Crippen LogP contribution is 2.15. The molecule has 2 N–H and O–H groups in total. The number of nitrogens with zero attached hydrogens (tertiary/aromatic N) is 2. The summed E-state index contributed by atoms with van der Waals surface area (Å²) < 4.78 is 16.2. The zero-order chi connectivity index (χ0) is 13.8. The van der Waals surface area contributed by atoms with Crippen molar-refractivity contribution in [1.82, 2.24) is 9.55 Å². The number of aryl methyl sites for hydroxylation is 1. The molecule has 2 rings (SSSR count). The molecule has 100 valence electrons.